The summed E-state index contributed by atoms with van der Waals surface area (Å²) in [5, 5.41) is 0. The molecule has 1 aliphatic heterocycles. The minimum Gasteiger partial charge on any atom is -0.444 e. The van der Waals surface area contributed by atoms with E-state index in [2.05, 4.69) is 0 Å². The Morgan fingerprint density at radius 3 is 2.44 bits per heavy atom. The smallest absolute Gasteiger partial charge is 0.410 e. The van der Waals surface area contributed by atoms with Crippen LogP contribution in [-0.2, 0) is 4.74 Å². The van der Waals surface area contributed by atoms with Crippen molar-refractivity contribution >= 4 is 6.09 Å². The zero-order valence-electron chi connectivity index (χ0n) is 11.0. The molecule has 0 bridgehead atoms. The lowest BCUT2D eigenvalue weighted by Gasteiger charge is -2.27. The fourth-order valence-electron chi connectivity index (χ4n) is 2.60. The van der Waals surface area contributed by atoms with Crippen LogP contribution in [0.15, 0.2) is 0 Å². The second-order valence-corrected chi connectivity index (χ2v) is 6.36. The molecule has 2 unspecified atom stereocenters. The number of hydrogen-bond donors (Lipinski definition) is 1. The number of carbonyl (C=O) groups is 1. The van der Waals surface area contributed by atoms with Crippen LogP contribution in [0, 0.1) is 5.41 Å². The van der Waals surface area contributed by atoms with Gasteiger partial charge in [0.2, 0.25) is 0 Å². The highest BCUT2D eigenvalue weighted by atomic mass is 19.3. The molecule has 6 heteroatoms. The van der Waals surface area contributed by atoms with Crippen molar-refractivity contribution in [2.45, 2.75) is 51.2 Å². The van der Waals surface area contributed by atoms with Crippen LogP contribution < -0.4 is 5.73 Å². The van der Waals surface area contributed by atoms with Gasteiger partial charge in [0.05, 0.1) is 5.41 Å². The van der Waals surface area contributed by atoms with E-state index in [0.717, 1.165) is 0 Å². The monoisotopic (exact) mass is 262 g/mol. The molecule has 1 aliphatic carbocycles. The fraction of sp³-hybridized carbons (Fsp3) is 0.917. The Morgan fingerprint density at radius 2 is 2.06 bits per heavy atom. The van der Waals surface area contributed by atoms with Gasteiger partial charge >= 0.3 is 6.09 Å². The quantitative estimate of drug-likeness (QED) is 0.786. The first-order valence-electron chi connectivity index (χ1n) is 6.18. The molecule has 2 rings (SSSR count). The molecule has 18 heavy (non-hydrogen) atoms. The summed E-state index contributed by atoms with van der Waals surface area (Å²) in [6.07, 6.45) is -0.413. The topological polar surface area (TPSA) is 55.6 Å². The first kappa shape index (κ1) is 13.5. The van der Waals surface area contributed by atoms with Gasteiger partial charge in [0.25, 0.3) is 5.92 Å². The standard InChI is InChI=1S/C12H20F2N2O2/c1-10(2,3)18-9(17)16-7-11(4-8(16)5-15)6-12(11,13)14/h8H,4-7,15H2,1-3H3. The van der Waals surface area contributed by atoms with Crippen LogP contribution in [0.2, 0.25) is 0 Å². The van der Waals surface area contributed by atoms with Gasteiger partial charge in [-0.1, -0.05) is 0 Å². The van der Waals surface area contributed by atoms with Gasteiger partial charge in [-0.05, 0) is 27.2 Å². The summed E-state index contributed by atoms with van der Waals surface area (Å²) in [4.78, 5) is 13.3. The highest BCUT2D eigenvalue weighted by Gasteiger charge is 2.74. The Morgan fingerprint density at radius 1 is 1.50 bits per heavy atom. The van der Waals surface area contributed by atoms with Gasteiger partial charge in [-0.25, -0.2) is 13.6 Å². The second kappa shape index (κ2) is 3.79. The van der Waals surface area contributed by atoms with E-state index in [1.807, 2.05) is 0 Å². The summed E-state index contributed by atoms with van der Waals surface area (Å²) in [5.41, 5.74) is 3.89. The van der Waals surface area contributed by atoms with Gasteiger partial charge in [-0.15, -0.1) is 0 Å². The molecular weight excluding hydrogens is 242 g/mol. The van der Waals surface area contributed by atoms with E-state index in [4.69, 9.17) is 10.5 Å². The van der Waals surface area contributed by atoms with Gasteiger partial charge in [0, 0.05) is 25.6 Å². The Kier molecular flexibility index (Phi) is 2.85. The highest BCUT2D eigenvalue weighted by Crippen LogP contribution is 2.66. The van der Waals surface area contributed by atoms with Crippen LogP contribution >= 0.6 is 0 Å². The number of hydrogen-bond acceptors (Lipinski definition) is 3. The Hall–Kier alpha value is -0.910. The van der Waals surface area contributed by atoms with E-state index in [0.29, 0.717) is 0 Å². The van der Waals surface area contributed by atoms with Crippen LogP contribution in [0.25, 0.3) is 0 Å². The third kappa shape index (κ3) is 2.18. The predicted octanol–water partition coefficient (Wildman–Crippen LogP) is 1.98. The molecule has 104 valence electrons. The molecule has 1 amide bonds. The summed E-state index contributed by atoms with van der Waals surface area (Å²) < 4.78 is 31.9. The summed E-state index contributed by atoms with van der Waals surface area (Å²) in [6.45, 7) is 5.49. The van der Waals surface area contributed by atoms with Crippen LogP contribution in [0.1, 0.15) is 33.6 Å². The largest absolute Gasteiger partial charge is 0.444 e. The number of halogens is 2. The van der Waals surface area contributed by atoms with E-state index in [1.54, 1.807) is 20.8 Å². The molecule has 0 aromatic carbocycles. The minimum atomic E-state index is -2.66. The third-order valence-corrected chi connectivity index (χ3v) is 3.65. The zero-order valence-corrected chi connectivity index (χ0v) is 11.0. The number of likely N-dealkylation sites (tertiary alicyclic amines) is 1. The summed E-state index contributed by atoms with van der Waals surface area (Å²) >= 11 is 0. The molecule has 0 radical (unpaired) electrons. The van der Waals surface area contributed by atoms with Crippen molar-refractivity contribution in [1.82, 2.24) is 4.90 Å². The molecule has 1 spiro atoms. The Balaban J connectivity index is 2.07. The molecule has 2 fully saturated rings. The van der Waals surface area contributed by atoms with E-state index < -0.39 is 23.0 Å². The molecule has 2 atom stereocenters. The van der Waals surface area contributed by atoms with Gasteiger partial charge in [0.15, 0.2) is 0 Å². The fourth-order valence-corrected chi connectivity index (χ4v) is 2.60. The lowest BCUT2D eigenvalue weighted by Crippen LogP contribution is -2.43. The maximum absolute atomic E-state index is 13.4. The Labute approximate surface area is 105 Å². The van der Waals surface area contributed by atoms with Crippen molar-refractivity contribution < 1.29 is 18.3 Å². The van der Waals surface area contributed by atoms with E-state index >= 15 is 0 Å². The molecule has 0 aromatic heterocycles. The minimum absolute atomic E-state index is 0.0524. The van der Waals surface area contributed by atoms with Crippen LogP contribution in [0.5, 0.6) is 0 Å². The predicted molar refractivity (Wildman–Crippen MR) is 62.4 cm³/mol. The maximum Gasteiger partial charge on any atom is 0.410 e. The van der Waals surface area contributed by atoms with Crippen LogP contribution in [-0.4, -0.2) is 41.6 Å². The van der Waals surface area contributed by atoms with E-state index in [9.17, 15) is 13.6 Å². The number of nitrogens with two attached hydrogens (primary N) is 1. The maximum atomic E-state index is 13.4. The lowest BCUT2D eigenvalue weighted by atomic mass is 10.0. The average Bonchev–Trinajstić information content (AvgIpc) is 2.54. The molecular formula is C12H20F2N2O2. The Bertz CT molecular complexity index is 368. The molecule has 0 aromatic rings. The SMILES string of the molecule is CC(C)(C)OC(=O)N1CC2(CC1CN)CC2(F)F. The number of nitrogens with zero attached hydrogens (tertiary/aromatic N) is 1. The first-order valence-corrected chi connectivity index (χ1v) is 6.18. The van der Waals surface area contributed by atoms with Gasteiger partial charge in [-0.3, -0.25) is 0 Å². The second-order valence-electron chi connectivity index (χ2n) is 6.36. The van der Waals surface area contributed by atoms with Crippen molar-refractivity contribution in [3.05, 3.63) is 0 Å². The first-order chi connectivity index (χ1) is 8.10. The van der Waals surface area contributed by atoms with Crippen LogP contribution in [0.4, 0.5) is 13.6 Å². The molecule has 1 saturated carbocycles. The number of carbonyl (C=O) groups excluding carboxylic acids is 1. The normalized spacial score (nSPS) is 33.9. The summed E-state index contributed by atoms with van der Waals surface area (Å²) in [5.74, 6) is -2.66. The van der Waals surface area contributed by atoms with E-state index in [1.165, 1.54) is 4.90 Å². The molecule has 2 N–H and O–H groups in total. The van der Waals surface area contributed by atoms with Crippen molar-refractivity contribution in [2.24, 2.45) is 11.1 Å². The molecule has 1 saturated heterocycles. The van der Waals surface area contributed by atoms with Crippen molar-refractivity contribution in [3.63, 3.8) is 0 Å². The third-order valence-electron chi connectivity index (χ3n) is 3.65. The van der Waals surface area contributed by atoms with Gasteiger partial charge < -0.3 is 15.4 Å². The lowest BCUT2D eigenvalue weighted by molar-refractivity contribution is 0.0203. The number of amides is 1. The molecule has 1 heterocycles. The number of rotatable bonds is 1. The van der Waals surface area contributed by atoms with Gasteiger partial charge in [-0.2, -0.15) is 0 Å². The van der Waals surface area contributed by atoms with Crippen molar-refractivity contribution in [1.29, 1.82) is 0 Å². The zero-order chi connectivity index (χ0) is 13.8. The van der Waals surface area contributed by atoms with Crippen molar-refractivity contribution in [2.75, 3.05) is 13.1 Å². The number of ether oxygens (including phenoxy) is 1. The van der Waals surface area contributed by atoms with E-state index in [-0.39, 0.29) is 32.0 Å². The van der Waals surface area contributed by atoms with Crippen molar-refractivity contribution in [3.8, 4) is 0 Å². The summed E-state index contributed by atoms with van der Waals surface area (Å²) in [7, 11) is 0. The van der Waals surface area contributed by atoms with Gasteiger partial charge in [0.1, 0.15) is 5.60 Å². The molecule has 4 nitrogen and oxygen atoms in total. The summed E-state index contributed by atoms with van der Waals surface area (Å²) in [6, 6.07) is -0.340. The van der Waals surface area contributed by atoms with Crippen LogP contribution in [0.3, 0.4) is 0 Å². The highest BCUT2D eigenvalue weighted by molar-refractivity contribution is 5.69. The molecule has 2 aliphatic rings. The average molecular weight is 262 g/mol. The number of alkyl halides is 2.